The summed E-state index contributed by atoms with van der Waals surface area (Å²) in [7, 11) is 2.25. The van der Waals surface area contributed by atoms with Crippen LogP contribution in [0.2, 0.25) is 0 Å². The molecule has 0 unspecified atom stereocenters. The molecule has 0 aliphatic rings. The molecule has 0 atom stereocenters. The molecule has 1 heterocycles. The molecule has 0 saturated carbocycles. The van der Waals surface area contributed by atoms with Crippen molar-refractivity contribution in [3.8, 4) is 11.5 Å². The summed E-state index contributed by atoms with van der Waals surface area (Å²) in [5.41, 5.74) is 13.1. The molecule has 232 valence electrons. The monoisotopic (exact) mass is 608 g/mol. The Morgan fingerprint density at radius 2 is 1.83 bits per heavy atom. The number of nitrogens with two attached hydrogens (primary N) is 2. The van der Waals surface area contributed by atoms with E-state index >= 15 is 0 Å². The van der Waals surface area contributed by atoms with Gasteiger partial charge >= 0.3 is 0 Å². The number of ketones is 1. The second kappa shape index (κ2) is 23.9. The Bertz CT molecular complexity index is 1190. The second-order valence-electron chi connectivity index (χ2n) is 7.96. The molecule has 4 N–H and O–H groups in total. The van der Waals surface area contributed by atoms with Crippen LogP contribution >= 0.6 is 11.8 Å². The fourth-order valence-corrected chi connectivity index (χ4v) is 3.40. The van der Waals surface area contributed by atoms with Gasteiger partial charge in [-0.15, -0.1) is 35.1 Å². The summed E-state index contributed by atoms with van der Waals surface area (Å²) in [5.74, 6) is 0.419. The van der Waals surface area contributed by atoms with E-state index in [1.54, 1.807) is 18.0 Å². The minimum Gasteiger partial charge on any atom is -0.415 e. The van der Waals surface area contributed by atoms with Gasteiger partial charge in [0.15, 0.2) is 0 Å². The molecule has 1 aromatic heterocycles. The van der Waals surface area contributed by atoms with Crippen molar-refractivity contribution in [2.45, 2.75) is 31.6 Å². The molecule has 0 aliphatic carbocycles. The van der Waals surface area contributed by atoms with Crippen molar-refractivity contribution >= 4 is 35.6 Å². The molecule has 0 spiro atoms. The van der Waals surface area contributed by atoms with Crippen LogP contribution in [-0.2, 0) is 4.79 Å². The molecule has 12 heteroatoms. The van der Waals surface area contributed by atoms with Crippen LogP contribution < -0.4 is 11.5 Å². The summed E-state index contributed by atoms with van der Waals surface area (Å²) < 4.78 is 41.7. The molecule has 2 aromatic rings. The van der Waals surface area contributed by atoms with Gasteiger partial charge in [0.25, 0.3) is 12.3 Å². The van der Waals surface area contributed by atoms with Gasteiger partial charge in [0.05, 0.1) is 19.4 Å². The van der Waals surface area contributed by atoms with Gasteiger partial charge in [0.1, 0.15) is 11.5 Å². The zero-order valence-corrected chi connectivity index (χ0v) is 25.9. The molecular formula is C30H43F3N6O2S. The maximum atomic E-state index is 13.2. The van der Waals surface area contributed by atoms with Crippen molar-refractivity contribution < 1.29 is 22.4 Å². The molecule has 0 bridgehead atoms. The number of thioether (sulfide) groups is 1. The summed E-state index contributed by atoms with van der Waals surface area (Å²) in [4.78, 5) is 16.3. The standard InChI is InChI=1S/C24H29F2N5OS.C3H7NO.C2H4.CH3F/c1-6-17(15-27)9-7-8-12-31(4)20(13-16(2)22(25)26)24-30-29-23(32-24)18-10-11-19(28-3)21(14-18)33-5;1-3(5)2-4;2*1-2/h7-11,13-14,22H,2-3,6,12,15,27H2,1,4-5H3;2,4H2,1H3;1-2H2;1H3/b8-7-,17-9+,20-13-;;;. The number of alkyl halides is 3. The molecule has 1 aromatic carbocycles. The van der Waals surface area contributed by atoms with E-state index in [1.807, 2.05) is 43.5 Å². The molecule has 0 aliphatic heterocycles. The number of aromatic nitrogens is 2. The Hall–Kier alpha value is -3.74. The number of allylic oxidation sites excluding steroid dienone is 4. The minimum atomic E-state index is -2.70. The lowest BCUT2D eigenvalue weighted by molar-refractivity contribution is -0.115. The number of hydrogen-bond acceptors (Lipinski definition) is 9. The van der Waals surface area contributed by atoms with Crippen molar-refractivity contribution in [2.24, 2.45) is 16.5 Å². The van der Waals surface area contributed by atoms with Gasteiger partial charge in [0, 0.05) is 36.2 Å². The zero-order chi connectivity index (χ0) is 32.7. The highest BCUT2D eigenvalue weighted by Crippen LogP contribution is 2.33. The first kappa shape index (κ1) is 40.4. The van der Waals surface area contributed by atoms with Gasteiger partial charge in [-0.2, -0.15) is 0 Å². The Kier molecular flexibility index (Phi) is 23.0. The maximum Gasteiger partial charge on any atom is 0.264 e. The van der Waals surface area contributed by atoms with Crippen LogP contribution in [0.25, 0.3) is 17.2 Å². The first-order valence-electron chi connectivity index (χ1n) is 12.6. The molecule has 0 saturated heterocycles. The lowest BCUT2D eigenvalue weighted by Crippen LogP contribution is -2.17. The molecule has 0 amide bonds. The second-order valence-corrected chi connectivity index (χ2v) is 8.81. The van der Waals surface area contributed by atoms with Crippen molar-refractivity contribution in [1.29, 1.82) is 0 Å². The first-order valence-corrected chi connectivity index (χ1v) is 13.8. The number of rotatable bonds is 13. The van der Waals surface area contributed by atoms with Crippen molar-refractivity contribution in [2.75, 3.05) is 40.1 Å². The predicted octanol–water partition coefficient (Wildman–Crippen LogP) is 6.66. The minimum absolute atomic E-state index is 0.0324. The van der Waals surface area contributed by atoms with Gasteiger partial charge in [0.2, 0.25) is 5.89 Å². The molecule has 0 fully saturated rings. The average Bonchev–Trinajstić information content (AvgIpc) is 3.51. The van der Waals surface area contributed by atoms with Gasteiger partial charge in [-0.1, -0.05) is 37.3 Å². The van der Waals surface area contributed by atoms with Gasteiger partial charge in [-0.3, -0.25) is 14.2 Å². The fourth-order valence-electron chi connectivity index (χ4n) is 2.81. The van der Waals surface area contributed by atoms with Crippen LogP contribution in [0.15, 0.2) is 87.7 Å². The Labute approximate surface area is 251 Å². The first-order chi connectivity index (χ1) is 20.1. The number of benzene rings is 1. The van der Waals surface area contributed by atoms with Crippen LogP contribution in [0.1, 0.15) is 26.2 Å². The highest BCUT2D eigenvalue weighted by molar-refractivity contribution is 7.98. The number of carbonyl (C=O) groups excluding carboxylic acids is 1. The Morgan fingerprint density at radius 3 is 2.31 bits per heavy atom. The van der Waals surface area contributed by atoms with E-state index in [0.717, 1.165) is 22.6 Å². The van der Waals surface area contributed by atoms with Crippen molar-refractivity contribution in [1.82, 2.24) is 15.1 Å². The molecule has 42 heavy (non-hydrogen) atoms. The molecular weight excluding hydrogens is 565 g/mol. The van der Waals surface area contributed by atoms with Gasteiger partial charge in [-0.25, -0.2) is 8.78 Å². The third kappa shape index (κ3) is 14.8. The molecule has 2 rings (SSSR count). The van der Waals surface area contributed by atoms with E-state index in [4.69, 9.17) is 15.9 Å². The molecule has 8 nitrogen and oxygen atoms in total. The Morgan fingerprint density at radius 1 is 1.21 bits per heavy atom. The summed E-state index contributed by atoms with van der Waals surface area (Å²) in [6.07, 6.45) is 7.09. The molecule has 0 radical (unpaired) electrons. The van der Waals surface area contributed by atoms with Crippen LogP contribution in [0.4, 0.5) is 18.9 Å². The van der Waals surface area contributed by atoms with Crippen LogP contribution in [0.3, 0.4) is 0 Å². The number of halogens is 3. The average molecular weight is 609 g/mol. The third-order valence-corrected chi connectivity index (χ3v) is 5.87. The maximum absolute atomic E-state index is 13.2. The van der Waals surface area contributed by atoms with E-state index in [-0.39, 0.29) is 29.7 Å². The largest absolute Gasteiger partial charge is 0.415 e. The number of aliphatic imine (C=N–C) groups is 1. The van der Waals surface area contributed by atoms with Crippen LogP contribution in [-0.4, -0.2) is 74.1 Å². The number of likely N-dealkylation sites (N-methyl/N-ethyl adjacent to an activating group) is 1. The summed E-state index contributed by atoms with van der Waals surface area (Å²) in [5, 5.41) is 8.22. The lowest BCUT2D eigenvalue weighted by Gasteiger charge is -2.18. The zero-order valence-electron chi connectivity index (χ0n) is 25.1. The van der Waals surface area contributed by atoms with E-state index in [9.17, 15) is 18.0 Å². The summed E-state index contributed by atoms with van der Waals surface area (Å²) >= 11 is 1.52. The lowest BCUT2D eigenvalue weighted by atomic mass is 10.2. The SMILES string of the molecule is C=C.C=Nc1ccc(-c2nnc(/C(=C/C(=C)C(F)F)N(C)C/C=C\C=C(/CC)CN)o2)cc1SC.CC(=O)CN.CF. The fraction of sp³-hybridized carbons (Fsp3) is 0.333. The predicted molar refractivity (Wildman–Crippen MR) is 171 cm³/mol. The summed E-state index contributed by atoms with van der Waals surface area (Å²) in [6, 6.07) is 5.48. The van der Waals surface area contributed by atoms with Crippen LogP contribution in [0.5, 0.6) is 0 Å². The quantitative estimate of drug-likeness (QED) is 0.112. The number of Topliss-reactive ketones (excluding diaryl/α,β-unsaturated/α-hetero) is 1. The third-order valence-electron chi connectivity index (χ3n) is 5.11. The van der Waals surface area contributed by atoms with Gasteiger partial charge in [-0.05, 0) is 50.6 Å². The number of carbonyl (C=O) groups is 1. The smallest absolute Gasteiger partial charge is 0.264 e. The topological polar surface area (TPSA) is 124 Å². The Balaban J connectivity index is 0. The van der Waals surface area contributed by atoms with E-state index < -0.39 is 6.43 Å². The van der Waals surface area contributed by atoms with E-state index in [2.05, 4.69) is 41.6 Å². The highest BCUT2D eigenvalue weighted by Gasteiger charge is 2.19. The summed E-state index contributed by atoms with van der Waals surface area (Å²) in [6.45, 7) is 17.6. The van der Waals surface area contributed by atoms with Crippen LogP contribution in [0, 0.1) is 0 Å². The van der Waals surface area contributed by atoms with Crippen molar-refractivity contribution in [3.05, 3.63) is 79.3 Å². The number of hydrogen-bond donors (Lipinski definition) is 2. The van der Waals surface area contributed by atoms with E-state index in [0.29, 0.717) is 31.5 Å². The highest BCUT2D eigenvalue weighted by atomic mass is 32.2. The van der Waals surface area contributed by atoms with Crippen molar-refractivity contribution in [3.63, 3.8) is 0 Å². The van der Waals surface area contributed by atoms with E-state index in [1.165, 1.54) is 24.8 Å². The van der Waals surface area contributed by atoms with Gasteiger partial charge < -0.3 is 20.8 Å². The number of nitrogens with zero attached hydrogens (tertiary/aromatic N) is 4. The normalized spacial score (nSPS) is 11.0.